The van der Waals surface area contributed by atoms with Crippen molar-refractivity contribution in [1.29, 1.82) is 0 Å². The third-order valence-electron chi connectivity index (χ3n) is 7.88. The average molecular weight is 478 g/mol. The molecule has 0 saturated carbocycles. The number of nitrogens with one attached hydrogen (secondary N) is 1. The lowest BCUT2D eigenvalue weighted by Crippen LogP contribution is -2.59. The zero-order valence-electron chi connectivity index (χ0n) is 20.7. The van der Waals surface area contributed by atoms with Crippen molar-refractivity contribution in [2.24, 2.45) is 17.8 Å². The number of aliphatic hydroxyl groups is 1. The third-order valence-corrected chi connectivity index (χ3v) is 7.88. The molecule has 1 aromatic carbocycles. The highest BCUT2D eigenvalue weighted by Gasteiger charge is 2.66. The Hall–Kier alpha value is -2.99. The van der Waals surface area contributed by atoms with Crippen molar-refractivity contribution < 1.29 is 24.2 Å². The van der Waals surface area contributed by atoms with Gasteiger partial charge in [-0.05, 0) is 62.7 Å². The first kappa shape index (κ1) is 25.1. The minimum atomic E-state index is -1.60. The molecule has 3 aliphatic rings. The fourth-order valence-electron chi connectivity index (χ4n) is 5.88. The molecular formula is C29H35NO5. The number of benzene rings is 1. The molecule has 6 nitrogen and oxygen atoms in total. The van der Waals surface area contributed by atoms with Crippen LogP contribution in [0.3, 0.4) is 0 Å². The van der Waals surface area contributed by atoms with Crippen molar-refractivity contribution in [3.63, 3.8) is 0 Å². The van der Waals surface area contributed by atoms with Gasteiger partial charge in [0, 0.05) is 18.5 Å². The number of carbonyl (C=O) groups is 3. The third kappa shape index (κ3) is 4.90. The van der Waals surface area contributed by atoms with Crippen LogP contribution in [0.25, 0.3) is 0 Å². The molecule has 1 aliphatic carbocycles. The standard InChI is InChI=1S/C29H35NO5/c1-18-9-7-13-22(31)15-16-25(32)35-29-23(14-8-10-18)27(33)20(3)19(2)26(29)24(30-28(29)34)17-21-11-5-4-6-12-21/h4-6,8,11-12,14-16,18,23-24,26-27,33H,7,9-10,13,17H2,1-3H3,(H,30,34)/b14-8+,16-15+/t18-,23+,24+,26+,27-,29-/m1/s1. The van der Waals surface area contributed by atoms with Gasteiger partial charge in [0.25, 0.3) is 5.91 Å². The molecule has 6 heteroatoms. The van der Waals surface area contributed by atoms with Crippen molar-refractivity contribution in [2.45, 2.75) is 70.6 Å². The van der Waals surface area contributed by atoms with Crippen LogP contribution in [-0.4, -0.2) is 40.5 Å². The lowest BCUT2D eigenvalue weighted by molar-refractivity contribution is -0.175. The monoisotopic (exact) mass is 477 g/mol. The normalized spacial score (nSPS) is 35.9. The smallest absolute Gasteiger partial charge is 0.331 e. The van der Waals surface area contributed by atoms with Crippen molar-refractivity contribution in [3.8, 4) is 0 Å². The minimum Gasteiger partial charge on any atom is -0.444 e. The highest BCUT2D eigenvalue weighted by molar-refractivity contribution is 5.98. The maximum atomic E-state index is 13.7. The first-order chi connectivity index (χ1) is 16.7. The van der Waals surface area contributed by atoms with Crippen molar-refractivity contribution in [3.05, 3.63) is 71.3 Å². The molecule has 1 aromatic rings. The summed E-state index contributed by atoms with van der Waals surface area (Å²) in [7, 11) is 0. The Kier molecular flexibility index (Phi) is 7.41. The van der Waals surface area contributed by atoms with E-state index in [0.29, 0.717) is 18.8 Å². The Morgan fingerprint density at radius 3 is 2.57 bits per heavy atom. The summed E-state index contributed by atoms with van der Waals surface area (Å²) in [4.78, 5) is 39.0. The highest BCUT2D eigenvalue weighted by atomic mass is 16.6. The molecule has 0 bridgehead atoms. The van der Waals surface area contributed by atoms with Crippen LogP contribution in [0, 0.1) is 17.8 Å². The molecule has 6 atom stereocenters. The minimum absolute atomic E-state index is 0.138. The van der Waals surface area contributed by atoms with Crippen LogP contribution in [-0.2, 0) is 25.5 Å². The van der Waals surface area contributed by atoms with Crippen LogP contribution in [0.15, 0.2) is 65.8 Å². The number of allylic oxidation sites excluding steroid dienone is 2. The van der Waals surface area contributed by atoms with Gasteiger partial charge in [-0.15, -0.1) is 0 Å². The number of rotatable bonds is 2. The topological polar surface area (TPSA) is 92.7 Å². The van der Waals surface area contributed by atoms with Gasteiger partial charge >= 0.3 is 5.97 Å². The van der Waals surface area contributed by atoms with E-state index in [0.717, 1.165) is 42.0 Å². The zero-order chi connectivity index (χ0) is 25.2. The fourth-order valence-corrected chi connectivity index (χ4v) is 5.88. The molecule has 1 amide bonds. The molecule has 1 spiro atoms. The summed E-state index contributed by atoms with van der Waals surface area (Å²) >= 11 is 0. The van der Waals surface area contributed by atoms with E-state index in [1.807, 2.05) is 56.3 Å². The summed E-state index contributed by atoms with van der Waals surface area (Å²) in [6.07, 6.45) is 8.56. The van der Waals surface area contributed by atoms with Gasteiger partial charge < -0.3 is 15.2 Å². The van der Waals surface area contributed by atoms with E-state index in [1.54, 1.807) is 0 Å². The summed E-state index contributed by atoms with van der Waals surface area (Å²) in [5, 5.41) is 14.4. The molecule has 1 fully saturated rings. The summed E-state index contributed by atoms with van der Waals surface area (Å²) in [5.41, 5.74) is 1.11. The van der Waals surface area contributed by atoms with Gasteiger partial charge in [-0.2, -0.15) is 0 Å². The van der Waals surface area contributed by atoms with Crippen molar-refractivity contribution in [2.75, 3.05) is 0 Å². The maximum Gasteiger partial charge on any atom is 0.331 e. The zero-order valence-corrected chi connectivity index (χ0v) is 20.7. The fraction of sp³-hybridized carbons (Fsp3) is 0.483. The number of hydrogen-bond acceptors (Lipinski definition) is 5. The van der Waals surface area contributed by atoms with Gasteiger partial charge in [0.1, 0.15) is 0 Å². The number of esters is 1. The van der Waals surface area contributed by atoms with E-state index in [2.05, 4.69) is 12.2 Å². The van der Waals surface area contributed by atoms with Gasteiger partial charge in [0.05, 0.1) is 17.9 Å². The number of amides is 1. The predicted molar refractivity (Wildman–Crippen MR) is 133 cm³/mol. The van der Waals surface area contributed by atoms with Gasteiger partial charge in [-0.25, -0.2) is 4.79 Å². The predicted octanol–water partition coefficient (Wildman–Crippen LogP) is 3.84. The molecule has 2 N–H and O–H groups in total. The molecule has 0 aromatic heterocycles. The number of carbonyl (C=O) groups excluding carboxylic acids is 3. The second-order valence-electron chi connectivity index (χ2n) is 10.3. The first-order valence-corrected chi connectivity index (χ1v) is 12.5. The molecule has 4 rings (SSSR count). The van der Waals surface area contributed by atoms with E-state index in [4.69, 9.17) is 4.74 Å². The number of ketones is 1. The van der Waals surface area contributed by atoms with Crippen molar-refractivity contribution in [1.82, 2.24) is 5.32 Å². The molecule has 2 heterocycles. The molecule has 0 unspecified atom stereocenters. The van der Waals surface area contributed by atoms with Gasteiger partial charge in [0.15, 0.2) is 5.78 Å². The average Bonchev–Trinajstić information content (AvgIpc) is 3.09. The Morgan fingerprint density at radius 2 is 1.83 bits per heavy atom. The molecular weight excluding hydrogens is 442 g/mol. The van der Waals surface area contributed by atoms with E-state index in [9.17, 15) is 19.5 Å². The highest BCUT2D eigenvalue weighted by Crippen LogP contribution is 2.50. The number of ether oxygens (including phenoxy) is 1. The van der Waals surface area contributed by atoms with E-state index < -0.39 is 35.4 Å². The molecule has 2 aliphatic heterocycles. The van der Waals surface area contributed by atoms with E-state index in [1.165, 1.54) is 6.08 Å². The number of aliphatic hydroxyl groups excluding tert-OH is 1. The summed E-state index contributed by atoms with van der Waals surface area (Å²) < 4.78 is 6.02. The number of hydrogen-bond donors (Lipinski definition) is 2. The van der Waals surface area contributed by atoms with Gasteiger partial charge in [-0.1, -0.05) is 55.0 Å². The van der Waals surface area contributed by atoms with E-state index in [-0.39, 0.29) is 11.8 Å². The van der Waals surface area contributed by atoms with Crippen LogP contribution in [0.2, 0.25) is 0 Å². The van der Waals surface area contributed by atoms with Crippen LogP contribution >= 0.6 is 0 Å². The SMILES string of the molecule is CC1=C(C)[C@H]2[C@H](Cc3ccccc3)NC(=O)[C@]23OC(=O)/C=C/C(=O)CCC[C@@H](C)C/C=C/[C@H]3[C@@H]1O. The van der Waals surface area contributed by atoms with Crippen LogP contribution in [0.1, 0.15) is 52.0 Å². The van der Waals surface area contributed by atoms with Crippen LogP contribution in [0.4, 0.5) is 0 Å². The van der Waals surface area contributed by atoms with E-state index >= 15 is 0 Å². The quantitative estimate of drug-likeness (QED) is 0.499. The first-order valence-electron chi connectivity index (χ1n) is 12.5. The summed E-state index contributed by atoms with van der Waals surface area (Å²) in [6.45, 7) is 5.91. The maximum absolute atomic E-state index is 13.7. The Bertz CT molecular complexity index is 1070. The second kappa shape index (κ2) is 10.3. The molecule has 186 valence electrons. The van der Waals surface area contributed by atoms with Gasteiger partial charge in [-0.3, -0.25) is 9.59 Å². The van der Waals surface area contributed by atoms with Crippen LogP contribution < -0.4 is 5.32 Å². The Morgan fingerprint density at radius 1 is 1.09 bits per heavy atom. The second-order valence-corrected chi connectivity index (χ2v) is 10.3. The summed E-state index contributed by atoms with van der Waals surface area (Å²) in [5.74, 6) is -2.13. The molecule has 1 saturated heterocycles. The lowest BCUT2D eigenvalue weighted by atomic mass is 9.63. The lowest BCUT2D eigenvalue weighted by Gasteiger charge is -2.45. The summed E-state index contributed by atoms with van der Waals surface area (Å²) in [6, 6.07) is 9.56. The van der Waals surface area contributed by atoms with Crippen LogP contribution in [0.5, 0.6) is 0 Å². The van der Waals surface area contributed by atoms with Gasteiger partial charge in [0.2, 0.25) is 5.60 Å². The molecule has 35 heavy (non-hydrogen) atoms. The largest absolute Gasteiger partial charge is 0.444 e. The Balaban J connectivity index is 1.81. The molecule has 0 radical (unpaired) electrons. The Labute approximate surface area is 207 Å². The van der Waals surface area contributed by atoms with Crippen molar-refractivity contribution >= 4 is 17.7 Å².